The maximum absolute atomic E-state index is 10.9. The zero-order chi connectivity index (χ0) is 9.19. The van der Waals surface area contributed by atoms with Crippen molar-refractivity contribution < 1.29 is 9.84 Å². The van der Waals surface area contributed by atoms with Gasteiger partial charge in [0.1, 0.15) is 0 Å². The summed E-state index contributed by atoms with van der Waals surface area (Å²) >= 11 is 0. The fourth-order valence-corrected chi connectivity index (χ4v) is 2.28. The van der Waals surface area contributed by atoms with Crippen LogP contribution in [0.25, 0.3) is 0 Å². The first-order chi connectivity index (χ1) is 5.52. The molecule has 4 nitrogen and oxygen atoms in total. The highest BCUT2D eigenvalue weighted by molar-refractivity contribution is 7.86. The van der Waals surface area contributed by atoms with Crippen LogP contribution in [-0.4, -0.2) is 25.8 Å². The van der Waals surface area contributed by atoms with Crippen molar-refractivity contribution in [2.24, 2.45) is 5.14 Å². The highest BCUT2D eigenvalue weighted by Gasteiger charge is 2.24. The average Bonchev–Trinajstić information content (AvgIpc) is 2.03. The van der Waals surface area contributed by atoms with Gasteiger partial charge in [-0.15, -0.1) is 0 Å². The van der Waals surface area contributed by atoms with E-state index in [1.807, 2.05) is 0 Å². The third-order valence-electron chi connectivity index (χ3n) is 2.49. The van der Waals surface area contributed by atoms with Crippen LogP contribution in [0.5, 0.6) is 0 Å². The summed E-state index contributed by atoms with van der Waals surface area (Å²) < 4.78 is 23.2. The summed E-state index contributed by atoms with van der Waals surface area (Å²) in [6, 6.07) is 0.133. The van der Waals surface area contributed by atoms with Crippen LogP contribution >= 0.6 is 0 Å². The molecular formula is C7H18N2O2S. The van der Waals surface area contributed by atoms with Crippen molar-refractivity contribution in [1.29, 1.82) is 0 Å². The van der Waals surface area contributed by atoms with Gasteiger partial charge in [0.2, 0.25) is 0 Å². The molecule has 2 N–H and O–H groups in total. The minimum Gasteiger partial charge on any atom is -0.216 e. The molecule has 0 bridgehead atoms. The lowest BCUT2D eigenvalue weighted by Crippen LogP contribution is -2.42. The van der Waals surface area contributed by atoms with E-state index in [2.05, 4.69) is 0 Å². The van der Waals surface area contributed by atoms with Crippen LogP contribution in [0.2, 0.25) is 0 Å². The predicted octanol–water partition coefficient (Wildman–Crippen LogP) is 0.700. The Kier molecular flexibility index (Phi) is 3.09. The molecule has 0 unspecified atom stereocenters. The van der Waals surface area contributed by atoms with E-state index in [9.17, 15) is 8.42 Å². The molecule has 0 aromatic rings. The SMILES string of the molecule is CN(C1CCCCC1)S(N)(=O)=O.[HH]. The van der Waals surface area contributed by atoms with Gasteiger partial charge in [-0.3, -0.25) is 0 Å². The zero-order valence-corrected chi connectivity index (χ0v) is 8.18. The first-order valence-electron chi connectivity index (χ1n) is 4.27. The molecule has 0 heterocycles. The normalized spacial score (nSPS) is 21.6. The van der Waals surface area contributed by atoms with E-state index in [1.165, 1.54) is 10.7 Å². The van der Waals surface area contributed by atoms with E-state index in [-0.39, 0.29) is 7.47 Å². The van der Waals surface area contributed by atoms with Gasteiger partial charge in [-0.2, -0.15) is 12.7 Å². The van der Waals surface area contributed by atoms with Gasteiger partial charge < -0.3 is 0 Å². The van der Waals surface area contributed by atoms with Gasteiger partial charge in [-0.05, 0) is 12.8 Å². The van der Waals surface area contributed by atoms with Gasteiger partial charge in [-0.1, -0.05) is 19.3 Å². The maximum Gasteiger partial charge on any atom is 0.276 e. The van der Waals surface area contributed by atoms with Crippen molar-refractivity contribution in [2.45, 2.75) is 38.1 Å². The second kappa shape index (κ2) is 3.72. The Morgan fingerprint density at radius 1 is 1.33 bits per heavy atom. The molecule has 0 atom stereocenters. The molecule has 1 rings (SSSR count). The predicted molar refractivity (Wildman–Crippen MR) is 49.9 cm³/mol. The van der Waals surface area contributed by atoms with Crippen molar-refractivity contribution in [2.75, 3.05) is 7.05 Å². The van der Waals surface area contributed by atoms with Gasteiger partial charge in [0.15, 0.2) is 0 Å². The molecule has 0 saturated heterocycles. The van der Waals surface area contributed by atoms with E-state index >= 15 is 0 Å². The molecule has 0 radical (unpaired) electrons. The van der Waals surface area contributed by atoms with Crippen LogP contribution in [-0.2, 0) is 10.2 Å². The summed E-state index contributed by atoms with van der Waals surface area (Å²) in [5.41, 5.74) is 0. The third-order valence-corrected chi connectivity index (χ3v) is 3.59. The van der Waals surface area contributed by atoms with E-state index in [0.717, 1.165) is 25.7 Å². The maximum atomic E-state index is 10.9. The van der Waals surface area contributed by atoms with Gasteiger partial charge in [0.05, 0.1) is 0 Å². The Morgan fingerprint density at radius 2 is 1.83 bits per heavy atom. The highest BCUT2D eigenvalue weighted by atomic mass is 32.2. The summed E-state index contributed by atoms with van der Waals surface area (Å²) in [6.45, 7) is 0. The molecule has 1 aliphatic rings. The lowest BCUT2D eigenvalue weighted by molar-refractivity contribution is 0.286. The fourth-order valence-electron chi connectivity index (χ4n) is 1.65. The van der Waals surface area contributed by atoms with Crippen LogP contribution in [0, 0.1) is 0 Å². The van der Waals surface area contributed by atoms with Crippen molar-refractivity contribution in [1.82, 2.24) is 4.31 Å². The largest absolute Gasteiger partial charge is 0.276 e. The van der Waals surface area contributed by atoms with E-state index in [1.54, 1.807) is 7.05 Å². The van der Waals surface area contributed by atoms with Gasteiger partial charge in [-0.25, -0.2) is 5.14 Å². The molecule has 0 amide bonds. The minimum absolute atomic E-state index is 0. The average molecular weight is 194 g/mol. The molecule has 0 spiro atoms. The van der Waals surface area contributed by atoms with Gasteiger partial charge in [0, 0.05) is 14.5 Å². The quantitative estimate of drug-likeness (QED) is 0.703. The van der Waals surface area contributed by atoms with Crippen molar-refractivity contribution in [3.8, 4) is 0 Å². The molecule has 1 aliphatic carbocycles. The summed E-state index contributed by atoms with van der Waals surface area (Å²) in [7, 11) is -1.91. The number of rotatable bonds is 2. The van der Waals surface area contributed by atoms with Crippen molar-refractivity contribution in [3.63, 3.8) is 0 Å². The lowest BCUT2D eigenvalue weighted by Gasteiger charge is -2.28. The first-order valence-corrected chi connectivity index (χ1v) is 5.78. The monoisotopic (exact) mass is 194 g/mol. The number of hydrogen-bond donors (Lipinski definition) is 1. The second-order valence-corrected chi connectivity index (χ2v) is 4.96. The Labute approximate surface area is 75.4 Å². The van der Waals surface area contributed by atoms with E-state index in [4.69, 9.17) is 5.14 Å². The number of nitrogens with two attached hydrogens (primary N) is 1. The Balaban J connectivity index is 0.00000144. The summed E-state index contributed by atoms with van der Waals surface area (Å²) in [5, 5.41) is 5.01. The van der Waals surface area contributed by atoms with Gasteiger partial charge in [0.25, 0.3) is 10.2 Å². The Bertz CT molecular complexity index is 237. The number of hydrogen-bond acceptors (Lipinski definition) is 2. The second-order valence-electron chi connectivity index (χ2n) is 3.35. The molecule has 0 aliphatic heterocycles. The summed E-state index contributed by atoms with van der Waals surface area (Å²) in [4.78, 5) is 0. The Hall–Kier alpha value is -0.130. The highest BCUT2D eigenvalue weighted by Crippen LogP contribution is 2.22. The molecular weight excluding hydrogens is 176 g/mol. The minimum atomic E-state index is -3.47. The fraction of sp³-hybridized carbons (Fsp3) is 1.00. The van der Waals surface area contributed by atoms with Crippen LogP contribution in [0.3, 0.4) is 0 Å². The van der Waals surface area contributed by atoms with Gasteiger partial charge >= 0.3 is 0 Å². The van der Waals surface area contributed by atoms with Crippen LogP contribution in [0.4, 0.5) is 0 Å². The number of nitrogens with zero attached hydrogens (tertiary/aromatic N) is 1. The molecule has 5 heteroatoms. The zero-order valence-electron chi connectivity index (χ0n) is 7.36. The van der Waals surface area contributed by atoms with Crippen LogP contribution < -0.4 is 5.14 Å². The van der Waals surface area contributed by atoms with Crippen molar-refractivity contribution in [3.05, 3.63) is 0 Å². The third kappa shape index (κ3) is 2.43. The van der Waals surface area contributed by atoms with Crippen LogP contribution in [0.15, 0.2) is 0 Å². The molecule has 1 fully saturated rings. The first kappa shape index (κ1) is 9.95. The molecule has 74 valence electrons. The van der Waals surface area contributed by atoms with Crippen LogP contribution in [0.1, 0.15) is 33.5 Å². The van der Waals surface area contributed by atoms with Crippen molar-refractivity contribution >= 4 is 10.2 Å². The summed E-state index contributed by atoms with van der Waals surface area (Å²) in [5.74, 6) is 0. The topological polar surface area (TPSA) is 63.4 Å². The molecule has 0 aromatic heterocycles. The van der Waals surface area contributed by atoms with E-state index in [0.29, 0.717) is 0 Å². The molecule has 12 heavy (non-hydrogen) atoms. The standard InChI is InChI=1S/C7H16N2O2S.H2/c1-9(12(8,10)11)7-5-3-2-4-6-7;/h7H,2-6H2,1H3,(H2,8,10,11);1H. The molecule has 0 aromatic carbocycles. The molecule has 1 saturated carbocycles. The van der Waals surface area contributed by atoms with E-state index < -0.39 is 10.2 Å². The lowest BCUT2D eigenvalue weighted by atomic mass is 9.96. The summed E-state index contributed by atoms with van der Waals surface area (Å²) in [6.07, 6.45) is 5.35. The smallest absolute Gasteiger partial charge is 0.216 e. The Morgan fingerprint density at radius 3 is 2.25 bits per heavy atom.